The van der Waals surface area contributed by atoms with Crippen LogP contribution in [0.15, 0.2) is 28.0 Å². The first-order chi connectivity index (χ1) is 6.62. The van der Waals surface area contributed by atoms with Gasteiger partial charge in [0.1, 0.15) is 10.6 Å². The zero-order valence-corrected chi connectivity index (χ0v) is 9.76. The van der Waals surface area contributed by atoms with E-state index in [9.17, 15) is 21.9 Å². The number of phenols is 1. The molecule has 0 spiro atoms. The van der Waals surface area contributed by atoms with Crippen molar-refractivity contribution in [2.45, 2.75) is 9.79 Å². The summed E-state index contributed by atoms with van der Waals surface area (Å²) in [7, 11) is -6.98. The van der Waals surface area contributed by atoms with Gasteiger partial charge in [0.2, 0.25) is 0 Å². The van der Waals surface area contributed by atoms with Crippen molar-refractivity contribution in [3.8, 4) is 5.75 Å². The fourth-order valence-electron chi connectivity index (χ4n) is 1.04. The fourth-order valence-corrected chi connectivity index (χ4v) is 2.44. The van der Waals surface area contributed by atoms with Crippen LogP contribution in [0.5, 0.6) is 5.75 Å². The van der Waals surface area contributed by atoms with E-state index in [1.165, 1.54) is 0 Å². The molecule has 15 heavy (non-hydrogen) atoms. The Morgan fingerprint density at radius 1 is 1.00 bits per heavy atom. The van der Waals surface area contributed by atoms with Crippen LogP contribution in [0.1, 0.15) is 0 Å². The second-order valence-electron chi connectivity index (χ2n) is 3.17. The zero-order valence-electron chi connectivity index (χ0n) is 8.13. The van der Waals surface area contributed by atoms with Crippen molar-refractivity contribution in [2.75, 3.05) is 12.5 Å². The quantitative estimate of drug-likeness (QED) is 0.810. The van der Waals surface area contributed by atoms with Gasteiger partial charge in [-0.15, -0.1) is 0 Å². The third kappa shape index (κ3) is 2.69. The lowest BCUT2D eigenvalue weighted by Crippen LogP contribution is -2.01. The number of aromatic hydroxyl groups is 1. The molecule has 0 aromatic heterocycles. The third-order valence-electron chi connectivity index (χ3n) is 1.76. The highest BCUT2D eigenvalue weighted by molar-refractivity contribution is 7.91. The highest BCUT2D eigenvalue weighted by Gasteiger charge is 2.16. The summed E-state index contributed by atoms with van der Waals surface area (Å²) in [6.07, 6.45) is 1.91. The molecule has 7 heteroatoms. The van der Waals surface area contributed by atoms with Crippen LogP contribution in [-0.4, -0.2) is 34.5 Å². The van der Waals surface area contributed by atoms with Crippen molar-refractivity contribution in [3.05, 3.63) is 18.2 Å². The predicted octanol–water partition coefficient (Wildman–Crippen LogP) is 0.199. The summed E-state index contributed by atoms with van der Waals surface area (Å²) in [5, 5.41) is 9.35. The summed E-state index contributed by atoms with van der Waals surface area (Å²) in [5.74, 6) is -0.555. The lowest BCUT2D eigenvalue weighted by molar-refractivity contribution is 0.457. The SMILES string of the molecule is CS(=O)(=O)c1ccc(S(C)(=O)=O)c(O)c1. The van der Waals surface area contributed by atoms with Crippen LogP contribution >= 0.6 is 0 Å². The average molecular weight is 250 g/mol. The Hall–Kier alpha value is -1.08. The Morgan fingerprint density at radius 3 is 1.87 bits per heavy atom. The molecule has 0 saturated carbocycles. The molecule has 1 rings (SSSR count). The largest absolute Gasteiger partial charge is 0.507 e. The summed E-state index contributed by atoms with van der Waals surface area (Å²) in [6.45, 7) is 0. The maximum Gasteiger partial charge on any atom is 0.179 e. The molecule has 1 aromatic rings. The van der Waals surface area contributed by atoms with Crippen LogP contribution in [0.2, 0.25) is 0 Å². The van der Waals surface area contributed by atoms with Gasteiger partial charge in [-0.1, -0.05) is 0 Å². The number of hydrogen-bond acceptors (Lipinski definition) is 5. The third-order valence-corrected chi connectivity index (χ3v) is 4.01. The lowest BCUT2D eigenvalue weighted by atomic mass is 10.3. The van der Waals surface area contributed by atoms with Gasteiger partial charge in [-0.05, 0) is 18.2 Å². The molecular formula is C8H10O5S2. The van der Waals surface area contributed by atoms with Gasteiger partial charge >= 0.3 is 0 Å². The highest BCUT2D eigenvalue weighted by Crippen LogP contribution is 2.25. The predicted molar refractivity (Wildman–Crippen MR) is 54.3 cm³/mol. The molecule has 0 radical (unpaired) electrons. The second-order valence-corrected chi connectivity index (χ2v) is 7.17. The average Bonchev–Trinajstić information content (AvgIpc) is 1.99. The van der Waals surface area contributed by atoms with Gasteiger partial charge in [0.05, 0.1) is 4.90 Å². The van der Waals surface area contributed by atoms with Crippen LogP contribution in [0, 0.1) is 0 Å². The second kappa shape index (κ2) is 3.49. The standard InChI is InChI=1S/C8H10O5S2/c1-14(10,11)6-3-4-8(7(9)5-6)15(2,12)13/h3-5,9H,1-2H3. The monoisotopic (exact) mass is 250 g/mol. The van der Waals surface area contributed by atoms with E-state index in [1.54, 1.807) is 0 Å². The minimum absolute atomic E-state index is 0.118. The number of sulfone groups is 2. The van der Waals surface area contributed by atoms with Gasteiger partial charge in [0.15, 0.2) is 19.7 Å². The van der Waals surface area contributed by atoms with E-state index in [-0.39, 0.29) is 9.79 Å². The highest BCUT2D eigenvalue weighted by atomic mass is 32.2. The first-order valence-corrected chi connectivity index (χ1v) is 7.64. The summed E-state index contributed by atoms with van der Waals surface area (Å²) in [5.41, 5.74) is 0. The summed E-state index contributed by atoms with van der Waals surface area (Å²) >= 11 is 0. The van der Waals surface area contributed by atoms with E-state index in [2.05, 4.69) is 0 Å². The molecule has 0 fully saturated rings. The smallest absolute Gasteiger partial charge is 0.179 e. The fraction of sp³-hybridized carbons (Fsp3) is 0.250. The Bertz CT molecular complexity index is 583. The van der Waals surface area contributed by atoms with Gasteiger partial charge in [0, 0.05) is 12.5 Å². The van der Waals surface area contributed by atoms with E-state index in [0.717, 1.165) is 30.7 Å². The molecule has 5 nitrogen and oxygen atoms in total. The van der Waals surface area contributed by atoms with E-state index < -0.39 is 25.4 Å². The normalized spacial score (nSPS) is 12.7. The zero-order chi connectivity index (χ0) is 11.9. The van der Waals surface area contributed by atoms with E-state index in [4.69, 9.17) is 0 Å². The molecule has 1 N–H and O–H groups in total. The van der Waals surface area contributed by atoms with Gasteiger partial charge in [-0.25, -0.2) is 16.8 Å². The molecule has 0 atom stereocenters. The van der Waals surface area contributed by atoms with Crippen LogP contribution in [0.4, 0.5) is 0 Å². The van der Waals surface area contributed by atoms with E-state index >= 15 is 0 Å². The summed E-state index contributed by atoms with van der Waals surface area (Å²) < 4.78 is 44.4. The van der Waals surface area contributed by atoms with Crippen LogP contribution in [0.3, 0.4) is 0 Å². The summed E-state index contributed by atoms with van der Waals surface area (Å²) in [6, 6.07) is 3.14. The Balaban J connectivity index is 3.47. The molecule has 0 saturated heterocycles. The molecule has 84 valence electrons. The number of hydrogen-bond donors (Lipinski definition) is 1. The maximum atomic E-state index is 11.1. The number of phenolic OH excluding ortho intramolecular Hbond substituents is 1. The van der Waals surface area contributed by atoms with Crippen molar-refractivity contribution >= 4 is 19.7 Å². The summed E-state index contributed by atoms with van der Waals surface area (Å²) in [4.78, 5) is -0.401. The van der Waals surface area contributed by atoms with Crippen molar-refractivity contribution in [2.24, 2.45) is 0 Å². The molecule has 0 aliphatic rings. The van der Waals surface area contributed by atoms with Crippen molar-refractivity contribution in [3.63, 3.8) is 0 Å². The topological polar surface area (TPSA) is 88.5 Å². The van der Waals surface area contributed by atoms with Crippen molar-refractivity contribution in [1.29, 1.82) is 0 Å². The molecule has 0 amide bonds. The number of benzene rings is 1. The van der Waals surface area contributed by atoms with E-state index in [0.29, 0.717) is 0 Å². The molecule has 1 aromatic carbocycles. The molecule has 0 heterocycles. The molecule has 0 aliphatic carbocycles. The minimum Gasteiger partial charge on any atom is -0.507 e. The Labute approximate surface area is 88.2 Å². The number of rotatable bonds is 2. The van der Waals surface area contributed by atoms with Crippen LogP contribution in [-0.2, 0) is 19.7 Å². The molecule has 0 aliphatic heterocycles. The van der Waals surface area contributed by atoms with Gasteiger partial charge in [-0.3, -0.25) is 0 Å². The van der Waals surface area contributed by atoms with E-state index in [1.807, 2.05) is 0 Å². The van der Waals surface area contributed by atoms with Gasteiger partial charge < -0.3 is 5.11 Å². The minimum atomic E-state index is -3.54. The molecule has 0 unspecified atom stereocenters. The maximum absolute atomic E-state index is 11.1. The first kappa shape index (κ1) is 12.0. The molecule has 0 bridgehead atoms. The molecular weight excluding hydrogens is 240 g/mol. The Morgan fingerprint density at radius 2 is 1.53 bits per heavy atom. The van der Waals surface area contributed by atoms with Gasteiger partial charge in [0.25, 0.3) is 0 Å². The van der Waals surface area contributed by atoms with Crippen LogP contribution < -0.4 is 0 Å². The van der Waals surface area contributed by atoms with Gasteiger partial charge in [-0.2, -0.15) is 0 Å². The lowest BCUT2D eigenvalue weighted by Gasteiger charge is -2.04. The first-order valence-electron chi connectivity index (χ1n) is 3.85. The van der Waals surface area contributed by atoms with Crippen molar-refractivity contribution in [1.82, 2.24) is 0 Å². The van der Waals surface area contributed by atoms with Crippen LogP contribution in [0.25, 0.3) is 0 Å². The Kier molecular flexibility index (Phi) is 2.79. The van der Waals surface area contributed by atoms with Crippen molar-refractivity contribution < 1.29 is 21.9 Å².